The maximum Gasteiger partial charge on any atom is 0.0601 e. The van der Waals surface area contributed by atoms with E-state index in [9.17, 15) is 0 Å². The highest BCUT2D eigenvalue weighted by Gasteiger charge is 2.46. The molecule has 2 saturated heterocycles. The quantitative estimate of drug-likeness (QED) is 0.694. The van der Waals surface area contributed by atoms with Crippen LogP contribution in [0.25, 0.3) is 0 Å². The third-order valence-corrected chi connectivity index (χ3v) is 4.39. The van der Waals surface area contributed by atoms with Crippen LogP contribution in [0, 0.1) is 5.41 Å². The van der Waals surface area contributed by atoms with Gasteiger partial charge in [-0.15, -0.1) is 0 Å². The summed E-state index contributed by atoms with van der Waals surface area (Å²) in [5.74, 6) is 0. The van der Waals surface area contributed by atoms with Crippen molar-refractivity contribution in [1.82, 2.24) is 10.2 Å². The van der Waals surface area contributed by atoms with Crippen LogP contribution in [0.5, 0.6) is 0 Å². The minimum atomic E-state index is 0.552. The Bertz CT molecular complexity index is 221. The molecule has 1 aliphatic carbocycles. The van der Waals surface area contributed by atoms with Gasteiger partial charge in [0.25, 0.3) is 0 Å². The molecule has 2 aliphatic heterocycles. The van der Waals surface area contributed by atoms with E-state index in [0.29, 0.717) is 11.5 Å². The third-order valence-electron chi connectivity index (χ3n) is 4.39. The molecule has 14 heavy (non-hydrogen) atoms. The van der Waals surface area contributed by atoms with Crippen molar-refractivity contribution in [2.24, 2.45) is 5.41 Å². The zero-order chi connectivity index (χ0) is 9.60. The molecule has 0 atom stereocenters. The SMILES string of the molecule is CO[C@H]1C[C@H](N2CCC3(CNC3)C2)C1. The summed E-state index contributed by atoms with van der Waals surface area (Å²) in [6.07, 6.45) is 4.49. The Hall–Kier alpha value is -0.120. The van der Waals surface area contributed by atoms with Crippen molar-refractivity contribution in [2.45, 2.75) is 31.4 Å². The highest BCUT2D eigenvalue weighted by Crippen LogP contribution is 2.39. The van der Waals surface area contributed by atoms with Crippen LogP contribution >= 0.6 is 0 Å². The number of nitrogens with zero attached hydrogens (tertiary/aromatic N) is 1. The van der Waals surface area contributed by atoms with Gasteiger partial charge in [-0.1, -0.05) is 0 Å². The van der Waals surface area contributed by atoms with Crippen LogP contribution in [-0.4, -0.2) is 50.3 Å². The number of rotatable bonds is 2. The van der Waals surface area contributed by atoms with E-state index in [1.165, 1.54) is 45.4 Å². The van der Waals surface area contributed by atoms with E-state index >= 15 is 0 Å². The van der Waals surface area contributed by atoms with Crippen LogP contribution in [0.2, 0.25) is 0 Å². The Morgan fingerprint density at radius 2 is 2.14 bits per heavy atom. The van der Waals surface area contributed by atoms with Gasteiger partial charge in [-0.3, -0.25) is 4.90 Å². The molecule has 80 valence electrons. The van der Waals surface area contributed by atoms with Crippen molar-refractivity contribution in [1.29, 1.82) is 0 Å². The Kier molecular flexibility index (Phi) is 2.08. The maximum atomic E-state index is 5.33. The summed E-state index contributed by atoms with van der Waals surface area (Å²) in [7, 11) is 1.84. The topological polar surface area (TPSA) is 24.5 Å². The van der Waals surface area contributed by atoms with Gasteiger partial charge in [0.1, 0.15) is 0 Å². The number of hydrogen-bond acceptors (Lipinski definition) is 3. The van der Waals surface area contributed by atoms with Gasteiger partial charge >= 0.3 is 0 Å². The van der Waals surface area contributed by atoms with Crippen LogP contribution in [0.15, 0.2) is 0 Å². The first-order valence-electron chi connectivity index (χ1n) is 5.79. The molecular formula is C11H20N2O. The number of methoxy groups -OCH3 is 1. The standard InChI is InChI=1S/C11H20N2O/c1-14-10-4-9(5-10)13-3-2-11(8-13)6-12-7-11/h9-10,12H,2-8H2,1H3/t9-,10-. The first-order chi connectivity index (χ1) is 6.81. The minimum Gasteiger partial charge on any atom is -0.381 e. The molecule has 0 aromatic heterocycles. The normalized spacial score (nSPS) is 40.9. The van der Waals surface area contributed by atoms with Crippen LogP contribution in [0.1, 0.15) is 19.3 Å². The summed E-state index contributed by atoms with van der Waals surface area (Å²) in [5, 5.41) is 3.41. The van der Waals surface area contributed by atoms with E-state index < -0.39 is 0 Å². The maximum absolute atomic E-state index is 5.33. The number of hydrogen-bond donors (Lipinski definition) is 1. The summed E-state index contributed by atoms with van der Waals surface area (Å²) < 4.78 is 5.33. The van der Waals surface area contributed by atoms with Crippen molar-refractivity contribution in [3.05, 3.63) is 0 Å². The van der Waals surface area contributed by atoms with Gasteiger partial charge < -0.3 is 10.1 Å². The monoisotopic (exact) mass is 196 g/mol. The molecule has 2 heterocycles. The zero-order valence-corrected chi connectivity index (χ0v) is 8.96. The predicted octanol–water partition coefficient (Wildman–Crippen LogP) is 0.459. The van der Waals surface area contributed by atoms with Crippen LogP contribution in [-0.2, 0) is 4.74 Å². The lowest BCUT2D eigenvalue weighted by Gasteiger charge is -2.43. The largest absolute Gasteiger partial charge is 0.381 e. The van der Waals surface area contributed by atoms with Crippen molar-refractivity contribution >= 4 is 0 Å². The van der Waals surface area contributed by atoms with E-state index in [2.05, 4.69) is 10.2 Å². The van der Waals surface area contributed by atoms with Crippen LogP contribution in [0.4, 0.5) is 0 Å². The molecular weight excluding hydrogens is 176 g/mol. The molecule has 0 amide bonds. The molecule has 1 spiro atoms. The van der Waals surface area contributed by atoms with Gasteiger partial charge in [0.05, 0.1) is 6.10 Å². The first-order valence-corrected chi connectivity index (χ1v) is 5.79. The summed E-state index contributed by atoms with van der Waals surface area (Å²) in [5.41, 5.74) is 0.665. The predicted molar refractivity (Wildman–Crippen MR) is 55.3 cm³/mol. The van der Waals surface area contributed by atoms with E-state index in [4.69, 9.17) is 4.74 Å². The molecule has 0 unspecified atom stereocenters. The lowest BCUT2D eigenvalue weighted by atomic mass is 9.81. The lowest BCUT2D eigenvalue weighted by molar-refractivity contribution is -0.0248. The van der Waals surface area contributed by atoms with Gasteiger partial charge in [-0.2, -0.15) is 0 Å². The smallest absolute Gasteiger partial charge is 0.0601 e. The van der Waals surface area contributed by atoms with Crippen molar-refractivity contribution in [2.75, 3.05) is 33.3 Å². The summed E-state index contributed by atoms with van der Waals surface area (Å²) in [4.78, 5) is 2.69. The van der Waals surface area contributed by atoms with Gasteiger partial charge in [-0.25, -0.2) is 0 Å². The Morgan fingerprint density at radius 1 is 1.36 bits per heavy atom. The second kappa shape index (κ2) is 3.19. The first kappa shape index (κ1) is 9.13. The molecule has 3 heteroatoms. The lowest BCUT2D eigenvalue weighted by Crippen LogP contribution is -2.56. The molecule has 0 aromatic rings. The highest BCUT2D eigenvalue weighted by atomic mass is 16.5. The average Bonchev–Trinajstić information content (AvgIpc) is 2.46. The number of likely N-dealkylation sites (tertiary alicyclic amines) is 1. The molecule has 0 aromatic carbocycles. The molecule has 3 fully saturated rings. The van der Waals surface area contributed by atoms with E-state index in [-0.39, 0.29) is 0 Å². The number of ether oxygens (including phenoxy) is 1. The fraction of sp³-hybridized carbons (Fsp3) is 1.00. The summed E-state index contributed by atoms with van der Waals surface area (Å²) in [6.45, 7) is 5.16. The van der Waals surface area contributed by atoms with Gasteiger partial charge in [-0.05, 0) is 25.8 Å². The zero-order valence-electron chi connectivity index (χ0n) is 8.96. The fourth-order valence-corrected chi connectivity index (χ4v) is 3.08. The second-order valence-corrected chi connectivity index (χ2v) is 5.31. The summed E-state index contributed by atoms with van der Waals surface area (Å²) >= 11 is 0. The van der Waals surface area contributed by atoms with Crippen molar-refractivity contribution in [3.63, 3.8) is 0 Å². The molecule has 0 radical (unpaired) electrons. The van der Waals surface area contributed by atoms with Gasteiger partial charge in [0, 0.05) is 38.2 Å². The van der Waals surface area contributed by atoms with Crippen LogP contribution in [0.3, 0.4) is 0 Å². The van der Waals surface area contributed by atoms with E-state index in [0.717, 1.165) is 6.04 Å². The molecule has 0 bridgehead atoms. The van der Waals surface area contributed by atoms with E-state index in [1.54, 1.807) is 0 Å². The second-order valence-electron chi connectivity index (χ2n) is 5.31. The molecule has 1 N–H and O–H groups in total. The van der Waals surface area contributed by atoms with Gasteiger partial charge in [0.2, 0.25) is 0 Å². The fourth-order valence-electron chi connectivity index (χ4n) is 3.08. The van der Waals surface area contributed by atoms with Crippen LogP contribution < -0.4 is 5.32 Å². The van der Waals surface area contributed by atoms with Crippen molar-refractivity contribution < 1.29 is 4.74 Å². The Morgan fingerprint density at radius 3 is 2.64 bits per heavy atom. The molecule has 1 saturated carbocycles. The Balaban J connectivity index is 1.52. The third kappa shape index (κ3) is 1.30. The highest BCUT2D eigenvalue weighted by molar-refractivity contribution is 5.02. The minimum absolute atomic E-state index is 0.552. The molecule has 3 nitrogen and oxygen atoms in total. The van der Waals surface area contributed by atoms with Crippen molar-refractivity contribution in [3.8, 4) is 0 Å². The van der Waals surface area contributed by atoms with Gasteiger partial charge in [0.15, 0.2) is 0 Å². The van der Waals surface area contributed by atoms with E-state index in [1.807, 2.05) is 7.11 Å². The molecule has 3 rings (SSSR count). The molecule has 3 aliphatic rings. The number of nitrogens with one attached hydrogen (secondary N) is 1. The Labute approximate surface area is 85.8 Å². The average molecular weight is 196 g/mol. The summed E-state index contributed by atoms with van der Waals surface area (Å²) in [6, 6.07) is 0.833.